The average Bonchev–Trinajstić information content (AvgIpc) is 3.07. The summed E-state index contributed by atoms with van der Waals surface area (Å²) in [5.41, 5.74) is 3.00. The largest absolute Gasteiger partial charge is 0.481 e. The van der Waals surface area contributed by atoms with Crippen LogP contribution in [0.5, 0.6) is 0 Å². The SMILES string of the molecule is CC(CC(=O)O)CC(=O)c1c(CCCCOCc2cccc(Cl)c2)[nH]c2ncc(Cl)cc12. The van der Waals surface area contributed by atoms with Crippen molar-refractivity contribution in [1.82, 2.24) is 9.97 Å². The van der Waals surface area contributed by atoms with Crippen LogP contribution in [0.25, 0.3) is 11.0 Å². The van der Waals surface area contributed by atoms with Gasteiger partial charge in [-0.1, -0.05) is 42.3 Å². The second-order valence-corrected chi connectivity index (χ2v) is 8.87. The molecular weight excluding hydrogens is 451 g/mol. The molecule has 0 saturated carbocycles. The number of carbonyl (C=O) groups is 2. The zero-order chi connectivity index (χ0) is 23.1. The molecule has 0 aliphatic carbocycles. The lowest BCUT2D eigenvalue weighted by atomic mass is 9.94. The lowest BCUT2D eigenvalue weighted by Crippen LogP contribution is -2.11. The maximum absolute atomic E-state index is 13.0. The van der Waals surface area contributed by atoms with Gasteiger partial charge in [0.1, 0.15) is 5.65 Å². The summed E-state index contributed by atoms with van der Waals surface area (Å²) < 4.78 is 5.73. The molecule has 170 valence electrons. The summed E-state index contributed by atoms with van der Waals surface area (Å²) >= 11 is 12.1. The predicted molar refractivity (Wildman–Crippen MR) is 126 cm³/mol. The van der Waals surface area contributed by atoms with Crippen molar-refractivity contribution in [3.63, 3.8) is 0 Å². The molecule has 0 fully saturated rings. The summed E-state index contributed by atoms with van der Waals surface area (Å²) in [6, 6.07) is 9.31. The lowest BCUT2D eigenvalue weighted by molar-refractivity contribution is -0.137. The molecule has 6 nitrogen and oxygen atoms in total. The summed E-state index contributed by atoms with van der Waals surface area (Å²) in [7, 11) is 0. The summed E-state index contributed by atoms with van der Waals surface area (Å²) in [4.78, 5) is 31.6. The van der Waals surface area contributed by atoms with E-state index in [2.05, 4.69) is 9.97 Å². The molecule has 32 heavy (non-hydrogen) atoms. The first kappa shape index (κ1) is 24.2. The second kappa shape index (κ2) is 11.5. The standard InChI is InChI=1S/C24H26Cl2N2O4/c1-15(10-22(30)31)9-21(29)23-19-12-18(26)13-27-24(19)28-20(23)7-2-3-8-32-14-16-5-4-6-17(25)11-16/h4-6,11-13,15H,2-3,7-10,14H2,1H3,(H,27,28)(H,30,31). The van der Waals surface area contributed by atoms with Crippen molar-refractivity contribution in [3.8, 4) is 0 Å². The lowest BCUT2D eigenvalue weighted by Gasteiger charge is -2.09. The van der Waals surface area contributed by atoms with Crippen LogP contribution >= 0.6 is 23.2 Å². The molecule has 2 aromatic heterocycles. The number of nitrogens with zero attached hydrogens (tertiary/aromatic N) is 1. The highest BCUT2D eigenvalue weighted by molar-refractivity contribution is 6.31. The Morgan fingerprint density at radius 3 is 2.72 bits per heavy atom. The van der Waals surface area contributed by atoms with E-state index < -0.39 is 5.97 Å². The van der Waals surface area contributed by atoms with Gasteiger partial charge >= 0.3 is 5.97 Å². The Labute approximate surface area is 196 Å². The van der Waals surface area contributed by atoms with Crippen LogP contribution in [0.1, 0.15) is 54.2 Å². The van der Waals surface area contributed by atoms with Gasteiger partial charge in [0.25, 0.3) is 0 Å². The number of unbranched alkanes of at least 4 members (excludes halogenated alkanes) is 1. The Balaban J connectivity index is 1.62. The number of pyridine rings is 1. The minimum absolute atomic E-state index is 0.0492. The summed E-state index contributed by atoms with van der Waals surface area (Å²) in [6.07, 6.45) is 3.94. The van der Waals surface area contributed by atoms with Crippen LogP contribution in [0, 0.1) is 5.92 Å². The third-order valence-corrected chi connectivity index (χ3v) is 5.60. The first-order valence-corrected chi connectivity index (χ1v) is 11.3. The Morgan fingerprint density at radius 1 is 1.16 bits per heavy atom. The molecule has 2 N–H and O–H groups in total. The van der Waals surface area contributed by atoms with E-state index in [0.717, 1.165) is 24.1 Å². The number of hydrogen-bond donors (Lipinski definition) is 2. The summed E-state index contributed by atoms with van der Waals surface area (Å²) in [5.74, 6) is -1.27. The Hall–Kier alpha value is -2.41. The zero-order valence-electron chi connectivity index (χ0n) is 17.9. The second-order valence-electron chi connectivity index (χ2n) is 8.00. The number of carbonyl (C=O) groups excluding carboxylic acids is 1. The number of hydrogen-bond acceptors (Lipinski definition) is 4. The molecule has 0 aliphatic heterocycles. The van der Waals surface area contributed by atoms with Gasteiger partial charge in [0.05, 0.1) is 11.6 Å². The fourth-order valence-electron chi connectivity index (χ4n) is 3.71. The molecule has 8 heteroatoms. The Bertz CT molecular complexity index is 1100. The van der Waals surface area contributed by atoms with E-state index in [1.165, 1.54) is 6.20 Å². The van der Waals surface area contributed by atoms with Crippen LogP contribution in [0.4, 0.5) is 0 Å². The molecule has 0 saturated heterocycles. The van der Waals surface area contributed by atoms with E-state index >= 15 is 0 Å². The van der Waals surface area contributed by atoms with E-state index in [1.54, 1.807) is 13.0 Å². The molecule has 0 bridgehead atoms. The number of benzene rings is 1. The number of carboxylic acid groups (broad SMARTS) is 1. The average molecular weight is 477 g/mol. The third-order valence-electron chi connectivity index (χ3n) is 5.15. The zero-order valence-corrected chi connectivity index (χ0v) is 19.4. The van der Waals surface area contributed by atoms with Crippen LogP contribution in [0.3, 0.4) is 0 Å². The number of halogens is 2. The van der Waals surface area contributed by atoms with Crippen molar-refractivity contribution in [2.24, 2.45) is 5.92 Å². The minimum Gasteiger partial charge on any atom is -0.481 e. The van der Waals surface area contributed by atoms with Crippen molar-refractivity contribution in [2.75, 3.05) is 6.61 Å². The van der Waals surface area contributed by atoms with Gasteiger partial charge in [0.15, 0.2) is 5.78 Å². The number of ketones is 1. The molecule has 0 spiro atoms. The topological polar surface area (TPSA) is 92.3 Å². The van der Waals surface area contributed by atoms with Crippen LogP contribution < -0.4 is 0 Å². The number of aliphatic carboxylic acids is 1. The van der Waals surface area contributed by atoms with Crippen molar-refractivity contribution in [1.29, 1.82) is 0 Å². The van der Waals surface area contributed by atoms with Crippen LogP contribution in [0.2, 0.25) is 10.0 Å². The van der Waals surface area contributed by atoms with E-state index in [-0.39, 0.29) is 24.5 Å². The highest BCUT2D eigenvalue weighted by atomic mass is 35.5. The summed E-state index contributed by atoms with van der Waals surface area (Å²) in [6.45, 7) is 2.86. The molecule has 0 aliphatic rings. The first-order chi connectivity index (χ1) is 15.3. The fourth-order valence-corrected chi connectivity index (χ4v) is 4.09. The van der Waals surface area contributed by atoms with E-state index in [4.69, 9.17) is 33.0 Å². The number of Topliss-reactive ketones (excluding diaryl/α,β-unsaturated/α-hetero) is 1. The maximum atomic E-state index is 13.0. The number of aromatic amines is 1. The van der Waals surface area contributed by atoms with Gasteiger partial charge in [-0.05, 0) is 48.9 Å². The molecule has 1 aromatic carbocycles. The molecule has 1 unspecified atom stereocenters. The normalized spacial score (nSPS) is 12.2. The number of fused-ring (bicyclic) bond motifs is 1. The number of aromatic nitrogens is 2. The van der Waals surface area contributed by atoms with Gasteiger partial charge in [-0.25, -0.2) is 4.98 Å². The molecule has 2 heterocycles. The highest BCUT2D eigenvalue weighted by Gasteiger charge is 2.22. The number of H-pyrrole nitrogens is 1. The van der Waals surface area contributed by atoms with E-state index in [9.17, 15) is 9.59 Å². The third kappa shape index (κ3) is 6.79. The van der Waals surface area contributed by atoms with Gasteiger partial charge in [0, 0.05) is 47.3 Å². The van der Waals surface area contributed by atoms with Gasteiger partial charge in [-0.2, -0.15) is 0 Å². The number of rotatable bonds is 12. The van der Waals surface area contributed by atoms with Crippen LogP contribution in [0.15, 0.2) is 36.5 Å². The molecule has 3 rings (SSSR count). The molecular formula is C24H26Cl2N2O4. The number of carboxylic acids is 1. The van der Waals surface area contributed by atoms with Crippen molar-refractivity contribution in [2.45, 2.75) is 45.6 Å². The van der Waals surface area contributed by atoms with Gasteiger partial charge in [0.2, 0.25) is 0 Å². The number of ether oxygens (including phenoxy) is 1. The van der Waals surface area contributed by atoms with Crippen LogP contribution in [-0.4, -0.2) is 33.4 Å². The van der Waals surface area contributed by atoms with Gasteiger partial charge in [-0.15, -0.1) is 0 Å². The highest BCUT2D eigenvalue weighted by Crippen LogP contribution is 2.28. The van der Waals surface area contributed by atoms with Crippen molar-refractivity contribution >= 4 is 46.0 Å². The molecule has 3 aromatic rings. The van der Waals surface area contributed by atoms with E-state index in [1.807, 2.05) is 24.3 Å². The quantitative estimate of drug-likeness (QED) is 0.243. The number of aryl methyl sites for hydroxylation is 1. The summed E-state index contributed by atoms with van der Waals surface area (Å²) in [5, 5.41) is 10.8. The smallest absolute Gasteiger partial charge is 0.303 e. The fraction of sp³-hybridized carbons (Fsp3) is 0.375. The molecule has 1 atom stereocenters. The van der Waals surface area contributed by atoms with Gasteiger partial charge in [-0.3, -0.25) is 9.59 Å². The van der Waals surface area contributed by atoms with Gasteiger partial charge < -0.3 is 14.8 Å². The van der Waals surface area contributed by atoms with Crippen LogP contribution in [-0.2, 0) is 22.6 Å². The maximum Gasteiger partial charge on any atom is 0.303 e. The Morgan fingerprint density at radius 2 is 1.97 bits per heavy atom. The number of nitrogens with one attached hydrogen (secondary N) is 1. The van der Waals surface area contributed by atoms with E-state index in [0.29, 0.717) is 46.3 Å². The first-order valence-electron chi connectivity index (χ1n) is 10.6. The monoisotopic (exact) mass is 476 g/mol. The van der Waals surface area contributed by atoms with Crippen molar-refractivity contribution < 1.29 is 19.4 Å². The predicted octanol–water partition coefficient (Wildman–Crippen LogP) is 6.09. The minimum atomic E-state index is -0.910. The molecule has 0 amide bonds. The molecule has 0 radical (unpaired) electrons. The van der Waals surface area contributed by atoms with Crippen molar-refractivity contribution in [3.05, 3.63) is 63.4 Å². The Kier molecular flexibility index (Phi) is 8.67.